The Morgan fingerprint density at radius 3 is 1.91 bits per heavy atom. The Labute approximate surface area is 205 Å². The largest absolute Gasteiger partial charge is 0.507 e. The number of imide groups is 1. The molecule has 4 amide bonds. The second-order valence-corrected chi connectivity index (χ2v) is 11.0. The molecule has 9 nitrogen and oxygen atoms in total. The van der Waals surface area contributed by atoms with Crippen molar-refractivity contribution in [1.29, 1.82) is 0 Å². The summed E-state index contributed by atoms with van der Waals surface area (Å²) < 4.78 is 0. The summed E-state index contributed by atoms with van der Waals surface area (Å²) in [7, 11) is 1.29. The molecule has 0 spiro atoms. The van der Waals surface area contributed by atoms with Gasteiger partial charge in [-0.25, -0.2) is 9.59 Å². The van der Waals surface area contributed by atoms with E-state index in [9.17, 15) is 24.6 Å². The number of likely N-dealkylation sites (N-methyl/N-ethyl adjacent to an activating group) is 1. The van der Waals surface area contributed by atoms with E-state index in [0.29, 0.717) is 16.8 Å². The lowest BCUT2D eigenvalue weighted by Crippen LogP contribution is -2.76. The fraction of sp³-hybridized carbons (Fsp3) is 0.423. The van der Waals surface area contributed by atoms with Gasteiger partial charge in [0.2, 0.25) is 0 Å². The minimum Gasteiger partial charge on any atom is -0.507 e. The molecule has 0 aliphatic carbocycles. The summed E-state index contributed by atoms with van der Waals surface area (Å²) in [4.78, 5) is 41.2. The molecule has 2 atom stereocenters. The maximum Gasteiger partial charge on any atom is 0.405 e. The normalized spacial score (nSPS) is 21.3. The molecule has 9 heteroatoms. The van der Waals surface area contributed by atoms with Crippen LogP contribution in [0.2, 0.25) is 0 Å². The van der Waals surface area contributed by atoms with Crippen LogP contribution in [-0.2, 0) is 21.2 Å². The van der Waals surface area contributed by atoms with E-state index >= 15 is 0 Å². The highest BCUT2D eigenvalue weighted by Crippen LogP contribution is 2.44. The molecule has 35 heavy (non-hydrogen) atoms. The number of carbonyl (C=O) groups is 3. The van der Waals surface area contributed by atoms with E-state index in [4.69, 9.17) is 5.73 Å². The third kappa shape index (κ3) is 4.32. The molecule has 1 aliphatic heterocycles. The summed E-state index contributed by atoms with van der Waals surface area (Å²) in [6.07, 6.45) is -2.89. The molecule has 5 N–H and O–H groups in total. The number of anilines is 1. The van der Waals surface area contributed by atoms with Gasteiger partial charge in [-0.3, -0.25) is 14.6 Å². The van der Waals surface area contributed by atoms with Gasteiger partial charge in [0, 0.05) is 12.7 Å². The van der Waals surface area contributed by atoms with Crippen molar-refractivity contribution in [1.82, 2.24) is 10.2 Å². The lowest BCUT2D eigenvalue weighted by molar-refractivity contribution is -0.137. The van der Waals surface area contributed by atoms with Crippen LogP contribution >= 0.6 is 0 Å². The molecule has 2 aromatic carbocycles. The SMILES string of the molecule is CN1C(=O)N(c2ccccc2)C(N)C(NC(=O)O)(c2cc(C(C)(C)C)c(O)c(C(C)(C)C)c2)C1=O. The highest BCUT2D eigenvalue weighted by atomic mass is 16.4. The zero-order chi connectivity index (χ0) is 26.5. The molecule has 0 saturated carbocycles. The Balaban J connectivity index is 2.43. The molecule has 0 radical (unpaired) electrons. The van der Waals surface area contributed by atoms with Crippen molar-refractivity contribution in [2.24, 2.45) is 5.73 Å². The molecule has 1 heterocycles. The Hall–Kier alpha value is -3.59. The summed E-state index contributed by atoms with van der Waals surface area (Å²) in [5.41, 5.74) is 5.20. The highest BCUT2D eigenvalue weighted by Gasteiger charge is 2.58. The van der Waals surface area contributed by atoms with Crippen molar-refractivity contribution < 1.29 is 24.6 Å². The number of nitrogens with zero attached hydrogens (tertiary/aromatic N) is 2. The molecule has 2 aromatic rings. The van der Waals surface area contributed by atoms with Gasteiger partial charge in [0.25, 0.3) is 5.91 Å². The fourth-order valence-electron chi connectivity index (χ4n) is 4.48. The third-order valence-electron chi connectivity index (χ3n) is 6.38. The number of urea groups is 1. The van der Waals surface area contributed by atoms with Crippen LogP contribution < -0.4 is 16.0 Å². The quantitative estimate of drug-likeness (QED) is 0.525. The standard InChI is InChI=1S/C26H34N4O5/c1-24(2,3)17-13-15(14-18(19(17)31)25(4,5)6)26(28-22(33)34)20(27)30(16-11-9-8-10-12-16)23(35)29(7)21(26)32/h8-14,20,28,31H,27H2,1-7H3,(H,33,34). The van der Waals surface area contributed by atoms with Crippen LogP contribution in [0.25, 0.3) is 0 Å². The predicted octanol–water partition coefficient (Wildman–Crippen LogP) is 3.83. The second kappa shape index (κ2) is 8.57. The van der Waals surface area contributed by atoms with Crippen molar-refractivity contribution in [2.75, 3.05) is 11.9 Å². The first-order valence-electron chi connectivity index (χ1n) is 11.3. The molecular formula is C26H34N4O5. The summed E-state index contributed by atoms with van der Waals surface area (Å²) >= 11 is 0. The van der Waals surface area contributed by atoms with Crippen LogP contribution in [0.3, 0.4) is 0 Å². The van der Waals surface area contributed by atoms with E-state index in [-0.39, 0.29) is 11.3 Å². The van der Waals surface area contributed by atoms with Gasteiger partial charge in [-0.2, -0.15) is 0 Å². The zero-order valence-corrected chi connectivity index (χ0v) is 21.2. The van der Waals surface area contributed by atoms with E-state index in [1.54, 1.807) is 42.5 Å². The first kappa shape index (κ1) is 26.0. The maximum absolute atomic E-state index is 13.8. The average molecular weight is 483 g/mol. The van der Waals surface area contributed by atoms with Gasteiger partial charge >= 0.3 is 12.1 Å². The molecule has 1 fully saturated rings. The van der Waals surface area contributed by atoms with Crippen LogP contribution in [-0.4, -0.2) is 46.4 Å². The first-order chi connectivity index (χ1) is 16.0. The number of phenolic OH excluding ortho intramolecular Hbond substituents is 1. The second-order valence-electron chi connectivity index (χ2n) is 11.0. The average Bonchev–Trinajstić information content (AvgIpc) is 2.74. The van der Waals surface area contributed by atoms with Crippen molar-refractivity contribution >= 4 is 23.7 Å². The van der Waals surface area contributed by atoms with Crippen LogP contribution in [0.5, 0.6) is 5.75 Å². The van der Waals surface area contributed by atoms with Gasteiger partial charge in [0.1, 0.15) is 11.9 Å². The number of benzene rings is 2. The Kier molecular flexibility index (Phi) is 6.37. The topological polar surface area (TPSA) is 136 Å². The van der Waals surface area contributed by atoms with Crippen LogP contribution in [0.1, 0.15) is 58.2 Å². The summed E-state index contributed by atoms with van der Waals surface area (Å²) in [6, 6.07) is 11.0. The third-order valence-corrected chi connectivity index (χ3v) is 6.38. The van der Waals surface area contributed by atoms with Crippen molar-refractivity contribution in [2.45, 2.75) is 64.1 Å². The lowest BCUT2D eigenvalue weighted by atomic mass is 9.74. The molecule has 3 rings (SSSR count). The predicted molar refractivity (Wildman–Crippen MR) is 133 cm³/mol. The van der Waals surface area contributed by atoms with Crippen molar-refractivity contribution in [3.8, 4) is 5.75 Å². The molecular weight excluding hydrogens is 448 g/mol. The minimum absolute atomic E-state index is 0.0698. The summed E-state index contributed by atoms with van der Waals surface area (Å²) in [6.45, 7) is 11.4. The number of hydrogen-bond donors (Lipinski definition) is 4. The molecule has 1 aliphatic rings. The Bertz CT molecular complexity index is 1130. The number of hydrogen-bond acceptors (Lipinski definition) is 5. The summed E-state index contributed by atoms with van der Waals surface area (Å²) in [5, 5.41) is 23.4. The van der Waals surface area contributed by atoms with Crippen LogP contribution in [0, 0.1) is 0 Å². The number of aromatic hydroxyl groups is 1. The number of phenols is 1. The van der Waals surface area contributed by atoms with Crippen LogP contribution in [0.4, 0.5) is 15.3 Å². The van der Waals surface area contributed by atoms with E-state index < -0.39 is 40.6 Å². The van der Waals surface area contributed by atoms with Crippen molar-refractivity contribution in [3.63, 3.8) is 0 Å². The lowest BCUT2D eigenvalue weighted by Gasteiger charge is -2.49. The smallest absolute Gasteiger partial charge is 0.405 e. The zero-order valence-electron chi connectivity index (χ0n) is 21.2. The fourth-order valence-corrected chi connectivity index (χ4v) is 4.48. The Morgan fingerprint density at radius 1 is 1.00 bits per heavy atom. The molecule has 2 unspecified atom stereocenters. The highest BCUT2D eigenvalue weighted by molar-refractivity contribution is 6.11. The van der Waals surface area contributed by atoms with Crippen molar-refractivity contribution in [3.05, 3.63) is 59.2 Å². The van der Waals surface area contributed by atoms with E-state index in [1.807, 2.05) is 41.5 Å². The van der Waals surface area contributed by atoms with Gasteiger partial charge in [-0.05, 0) is 51.8 Å². The number of carboxylic acid groups (broad SMARTS) is 1. The van der Waals surface area contributed by atoms with Gasteiger partial charge in [-0.1, -0.05) is 59.7 Å². The van der Waals surface area contributed by atoms with E-state index in [1.165, 1.54) is 11.9 Å². The number of nitrogens with two attached hydrogens (primary N) is 1. The monoisotopic (exact) mass is 482 g/mol. The van der Waals surface area contributed by atoms with Crippen LogP contribution in [0.15, 0.2) is 42.5 Å². The first-order valence-corrected chi connectivity index (χ1v) is 11.3. The number of carbonyl (C=O) groups excluding carboxylic acids is 2. The number of para-hydroxylation sites is 1. The van der Waals surface area contributed by atoms with E-state index in [0.717, 1.165) is 4.90 Å². The molecule has 188 valence electrons. The van der Waals surface area contributed by atoms with Gasteiger partial charge in [0.15, 0.2) is 5.54 Å². The van der Waals surface area contributed by atoms with E-state index in [2.05, 4.69) is 5.32 Å². The Morgan fingerprint density at radius 2 is 1.49 bits per heavy atom. The maximum atomic E-state index is 13.8. The van der Waals surface area contributed by atoms with Gasteiger partial charge in [0.05, 0.1) is 0 Å². The number of amides is 4. The summed E-state index contributed by atoms with van der Waals surface area (Å²) in [5.74, 6) is -0.740. The number of nitrogens with one attached hydrogen (secondary N) is 1. The number of rotatable bonds is 3. The molecule has 1 saturated heterocycles. The molecule has 0 aromatic heterocycles. The van der Waals surface area contributed by atoms with Gasteiger partial charge < -0.3 is 21.3 Å². The molecule has 0 bridgehead atoms. The minimum atomic E-state index is -2.04. The van der Waals surface area contributed by atoms with Gasteiger partial charge in [-0.15, -0.1) is 0 Å².